The number of ether oxygens (including phenoxy) is 1. The van der Waals surface area contributed by atoms with E-state index >= 15 is 0 Å². The van der Waals surface area contributed by atoms with Crippen molar-refractivity contribution in [1.29, 1.82) is 0 Å². The van der Waals surface area contributed by atoms with Crippen molar-refractivity contribution in [2.24, 2.45) is 0 Å². The van der Waals surface area contributed by atoms with Gasteiger partial charge in [-0.05, 0) is 49.1 Å². The molecule has 136 valence electrons. The van der Waals surface area contributed by atoms with Crippen molar-refractivity contribution in [3.05, 3.63) is 65.9 Å². The second-order valence-corrected chi connectivity index (χ2v) is 6.64. The molecule has 0 aliphatic carbocycles. The van der Waals surface area contributed by atoms with Crippen molar-refractivity contribution in [3.63, 3.8) is 0 Å². The second-order valence-electron chi connectivity index (χ2n) is 6.64. The van der Waals surface area contributed by atoms with Crippen LogP contribution in [0.15, 0.2) is 59.0 Å². The number of benzene rings is 2. The minimum absolute atomic E-state index is 0.0206. The maximum absolute atomic E-state index is 12.2. The molecule has 4 heteroatoms. The standard InChI is InChI=1S/C22H25NO3/c1-4-15(2)17-9-11-19(12-10-17)25-14-22(24)23-16(3)21-13-18-7-5-6-8-20(18)26-21/h5-13,15-16H,4,14H2,1-3H3,(H,23,24). The monoisotopic (exact) mass is 351 g/mol. The number of amides is 1. The molecular weight excluding hydrogens is 326 g/mol. The molecule has 2 aromatic carbocycles. The molecule has 0 bridgehead atoms. The molecular formula is C22H25NO3. The Morgan fingerprint density at radius 1 is 1.12 bits per heavy atom. The lowest BCUT2D eigenvalue weighted by molar-refractivity contribution is -0.123. The molecule has 0 aliphatic heterocycles. The zero-order chi connectivity index (χ0) is 18.5. The molecule has 0 spiro atoms. The van der Waals surface area contributed by atoms with Crippen LogP contribution in [0.4, 0.5) is 0 Å². The summed E-state index contributed by atoms with van der Waals surface area (Å²) in [6, 6.07) is 17.5. The molecule has 2 unspecified atom stereocenters. The third kappa shape index (κ3) is 4.26. The van der Waals surface area contributed by atoms with Gasteiger partial charge in [-0.1, -0.05) is 44.2 Å². The molecule has 0 aliphatic rings. The first-order valence-electron chi connectivity index (χ1n) is 9.07. The van der Waals surface area contributed by atoms with Crippen molar-refractivity contribution in [3.8, 4) is 5.75 Å². The molecule has 1 N–H and O–H groups in total. The lowest BCUT2D eigenvalue weighted by atomic mass is 9.99. The van der Waals surface area contributed by atoms with Crippen LogP contribution in [0.2, 0.25) is 0 Å². The van der Waals surface area contributed by atoms with Crippen LogP contribution in [0, 0.1) is 0 Å². The van der Waals surface area contributed by atoms with E-state index < -0.39 is 0 Å². The number of carbonyl (C=O) groups is 1. The third-order valence-corrected chi connectivity index (χ3v) is 4.68. The summed E-state index contributed by atoms with van der Waals surface area (Å²) >= 11 is 0. The molecule has 1 amide bonds. The smallest absolute Gasteiger partial charge is 0.258 e. The van der Waals surface area contributed by atoms with Gasteiger partial charge in [0, 0.05) is 5.39 Å². The molecule has 0 saturated heterocycles. The Bertz CT molecular complexity index is 833. The number of rotatable bonds is 7. The number of fused-ring (bicyclic) bond motifs is 1. The number of nitrogens with one attached hydrogen (secondary N) is 1. The van der Waals surface area contributed by atoms with Crippen LogP contribution >= 0.6 is 0 Å². The van der Waals surface area contributed by atoms with Gasteiger partial charge in [-0.15, -0.1) is 0 Å². The van der Waals surface area contributed by atoms with Crippen molar-refractivity contribution in [2.45, 2.75) is 39.2 Å². The Labute approximate surface area is 154 Å². The summed E-state index contributed by atoms with van der Waals surface area (Å²) in [5.74, 6) is 1.78. The summed E-state index contributed by atoms with van der Waals surface area (Å²) in [5.41, 5.74) is 2.10. The minimum Gasteiger partial charge on any atom is -0.484 e. The molecule has 2 atom stereocenters. The number of carbonyl (C=O) groups excluding carboxylic acids is 1. The predicted octanol–water partition coefficient (Wildman–Crippen LogP) is 5.20. The number of para-hydroxylation sites is 1. The molecule has 0 fully saturated rings. The van der Waals surface area contributed by atoms with Gasteiger partial charge < -0.3 is 14.5 Å². The zero-order valence-corrected chi connectivity index (χ0v) is 15.5. The summed E-state index contributed by atoms with van der Waals surface area (Å²) in [6.07, 6.45) is 1.10. The van der Waals surface area contributed by atoms with Gasteiger partial charge in [0.25, 0.3) is 5.91 Å². The molecule has 3 rings (SSSR count). The normalized spacial score (nSPS) is 13.3. The van der Waals surface area contributed by atoms with Gasteiger partial charge in [-0.2, -0.15) is 0 Å². The first-order chi connectivity index (χ1) is 12.6. The number of furan rings is 1. The van der Waals surface area contributed by atoms with Crippen LogP contribution in [-0.4, -0.2) is 12.5 Å². The van der Waals surface area contributed by atoms with Gasteiger partial charge >= 0.3 is 0 Å². The average Bonchev–Trinajstić information content (AvgIpc) is 3.10. The highest BCUT2D eigenvalue weighted by atomic mass is 16.5. The predicted molar refractivity (Wildman–Crippen MR) is 103 cm³/mol. The number of hydrogen-bond donors (Lipinski definition) is 1. The first kappa shape index (κ1) is 18.1. The Morgan fingerprint density at radius 2 is 1.85 bits per heavy atom. The largest absolute Gasteiger partial charge is 0.484 e. The van der Waals surface area contributed by atoms with E-state index in [9.17, 15) is 4.79 Å². The topological polar surface area (TPSA) is 51.5 Å². The third-order valence-electron chi connectivity index (χ3n) is 4.68. The minimum atomic E-state index is -0.216. The molecule has 3 aromatic rings. The second kappa shape index (κ2) is 8.09. The molecule has 1 aromatic heterocycles. The van der Waals surface area contributed by atoms with Crippen LogP contribution in [0.25, 0.3) is 11.0 Å². The summed E-state index contributed by atoms with van der Waals surface area (Å²) < 4.78 is 11.4. The van der Waals surface area contributed by atoms with Crippen molar-refractivity contribution in [2.75, 3.05) is 6.61 Å². The highest BCUT2D eigenvalue weighted by Crippen LogP contribution is 2.24. The fourth-order valence-corrected chi connectivity index (χ4v) is 2.85. The maximum atomic E-state index is 12.2. The van der Waals surface area contributed by atoms with Crippen LogP contribution in [0.5, 0.6) is 5.75 Å². The summed E-state index contributed by atoms with van der Waals surface area (Å²) in [5, 5.41) is 3.94. The van der Waals surface area contributed by atoms with E-state index in [0.717, 1.165) is 23.2 Å². The van der Waals surface area contributed by atoms with E-state index in [1.54, 1.807) is 0 Å². The molecule has 1 heterocycles. The number of hydrogen-bond acceptors (Lipinski definition) is 3. The van der Waals surface area contributed by atoms with Gasteiger partial charge in [-0.3, -0.25) is 4.79 Å². The average molecular weight is 351 g/mol. The molecule has 26 heavy (non-hydrogen) atoms. The Morgan fingerprint density at radius 3 is 2.54 bits per heavy atom. The Balaban J connectivity index is 1.53. The van der Waals surface area contributed by atoms with Gasteiger partial charge in [0.05, 0.1) is 6.04 Å². The van der Waals surface area contributed by atoms with Crippen LogP contribution in [0.1, 0.15) is 50.5 Å². The maximum Gasteiger partial charge on any atom is 0.258 e. The van der Waals surface area contributed by atoms with Crippen molar-refractivity contribution in [1.82, 2.24) is 5.32 Å². The van der Waals surface area contributed by atoms with E-state index in [0.29, 0.717) is 11.7 Å². The lowest BCUT2D eigenvalue weighted by Gasteiger charge is -2.13. The highest BCUT2D eigenvalue weighted by Gasteiger charge is 2.14. The molecule has 0 radical (unpaired) electrons. The molecule has 4 nitrogen and oxygen atoms in total. The van der Waals surface area contributed by atoms with Crippen molar-refractivity contribution < 1.29 is 13.9 Å². The van der Waals surface area contributed by atoms with Crippen LogP contribution in [-0.2, 0) is 4.79 Å². The van der Waals surface area contributed by atoms with Gasteiger partial charge in [0.1, 0.15) is 17.1 Å². The molecule has 0 saturated carbocycles. The van der Waals surface area contributed by atoms with E-state index in [2.05, 4.69) is 31.3 Å². The van der Waals surface area contributed by atoms with Gasteiger partial charge in [-0.25, -0.2) is 0 Å². The van der Waals surface area contributed by atoms with E-state index in [1.807, 2.05) is 49.4 Å². The summed E-state index contributed by atoms with van der Waals surface area (Å²) in [6.45, 7) is 6.25. The van der Waals surface area contributed by atoms with E-state index in [4.69, 9.17) is 9.15 Å². The fourth-order valence-electron chi connectivity index (χ4n) is 2.85. The lowest BCUT2D eigenvalue weighted by Crippen LogP contribution is -2.31. The fraction of sp³-hybridized carbons (Fsp3) is 0.318. The van der Waals surface area contributed by atoms with Crippen LogP contribution < -0.4 is 10.1 Å². The Hall–Kier alpha value is -2.75. The summed E-state index contributed by atoms with van der Waals surface area (Å²) in [7, 11) is 0. The van der Waals surface area contributed by atoms with Crippen molar-refractivity contribution >= 4 is 16.9 Å². The van der Waals surface area contributed by atoms with Gasteiger partial charge in [0.2, 0.25) is 0 Å². The quantitative estimate of drug-likeness (QED) is 0.636. The van der Waals surface area contributed by atoms with E-state index in [1.165, 1.54) is 5.56 Å². The summed E-state index contributed by atoms with van der Waals surface area (Å²) in [4.78, 5) is 12.2. The highest BCUT2D eigenvalue weighted by molar-refractivity contribution is 5.79. The van der Waals surface area contributed by atoms with E-state index in [-0.39, 0.29) is 18.6 Å². The van der Waals surface area contributed by atoms with Crippen LogP contribution in [0.3, 0.4) is 0 Å². The Kier molecular flexibility index (Phi) is 5.61. The van der Waals surface area contributed by atoms with Gasteiger partial charge in [0.15, 0.2) is 6.61 Å². The zero-order valence-electron chi connectivity index (χ0n) is 15.5. The first-order valence-corrected chi connectivity index (χ1v) is 9.07. The SMILES string of the molecule is CCC(C)c1ccc(OCC(=O)NC(C)c2cc3ccccc3o2)cc1.